The number of benzene rings is 1. The highest BCUT2D eigenvalue weighted by Gasteiger charge is 2.31. The van der Waals surface area contributed by atoms with E-state index in [9.17, 15) is 0 Å². The van der Waals surface area contributed by atoms with Crippen LogP contribution in [0.4, 0.5) is 0 Å². The minimum Gasteiger partial charge on any atom is -0.494 e. The first-order valence-corrected chi connectivity index (χ1v) is 8.54. The molecule has 1 atom stereocenters. The fourth-order valence-corrected chi connectivity index (χ4v) is 3.17. The SMILES string of the molecule is CCCOc1cccc(CN(CC2CCCN2)C2CC2)c1. The third-order valence-electron chi connectivity index (χ3n) is 4.44. The summed E-state index contributed by atoms with van der Waals surface area (Å²) in [6.07, 6.45) is 6.48. The summed E-state index contributed by atoms with van der Waals surface area (Å²) < 4.78 is 5.76. The topological polar surface area (TPSA) is 24.5 Å². The summed E-state index contributed by atoms with van der Waals surface area (Å²) in [7, 11) is 0. The average molecular weight is 288 g/mol. The van der Waals surface area contributed by atoms with Crippen molar-refractivity contribution in [3.05, 3.63) is 29.8 Å². The maximum absolute atomic E-state index is 5.76. The van der Waals surface area contributed by atoms with E-state index in [0.717, 1.165) is 31.4 Å². The maximum atomic E-state index is 5.76. The fraction of sp³-hybridized carbons (Fsp3) is 0.667. The van der Waals surface area contributed by atoms with E-state index in [1.807, 2.05) is 0 Å². The molecule has 1 aromatic rings. The number of nitrogens with one attached hydrogen (secondary N) is 1. The Labute approximate surface area is 128 Å². The molecule has 1 heterocycles. The van der Waals surface area contributed by atoms with Gasteiger partial charge >= 0.3 is 0 Å². The van der Waals surface area contributed by atoms with Crippen LogP contribution in [0.2, 0.25) is 0 Å². The van der Waals surface area contributed by atoms with Crippen LogP contribution in [0.25, 0.3) is 0 Å². The Kier molecular flexibility index (Phi) is 5.15. The van der Waals surface area contributed by atoms with E-state index < -0.39 is 0 Å². The van der Waals surface area contributed by atoms with Crippen LogP contribution in [0.5, 0.6) is 5.75 Å². The smallest absolute Gasteiger partial charge is 0.119 e. The van der Waals surface area contributed by atoms with Crippen molar-refractivity contribution in [2.75, 3.05) is 19.7 Å². The highest BCUT2D eigenvalue weighted by molar-refractivity contribution is 5.28. The van der Waals surface area contributed by atoms with Crippen LogP contribution in [0.15, 0.2) is 24.3 Å². The van der Waals surface area contributed by atoms with E-state index in [4.69, 9.17) is 4.74 Å². The Morgan fingerprint density at radius 2 is 2.19 bits per heavy atom. The molecule has 0 radical (unpaired) electrons. The zero-order valence-electron chi connectivity index (χ0n) is 13.2. The van der Waals surface area contributed by atoms with Gasteiger partial charge in [0.15, 0.2) is 0 Å². The van der Waals surface area contributed by atoms with Gasteiger partial charge in [0.2, 0.25) is 0 Å². The third kappa shape index (κ3) is 4.45. The molecule has 1 N–H and O–H groups in total. The van der Waals surface area contributed by atoms with Gasteiger partial charge in [0.25, 0.3) is 0 Å². The zero-order chi connectivity index (χ0) is 14.5. The molecule has 3 rings (SSSR count). The highest BCUT2D eigenvalue weighted by Crippen LogP contribution is 2.29. The molecule has 21 heavy (non-hydrogen) atoms. The molecule has 3 heteroatoms. The van der Waals surface area contributed by atoms with Crippen molar-refractivity contribution in [1.29, 1.82) is 0 Å². The van der Waals surface area contributed by atoms with Gasteiger partial charge in [-0.05, 0) is 56.3 Å². The van der Waals surface area contributed by atoms with Gasteiger partial charge in [-0.3, -0.25) is 4.90 Å². The van der Waals surface area contributed by atoms with E-state index in [2.05, 4.69) is 41.4 Å². The molecule has 1 saturated heterocycles. The number of rotatable bonds is 8. The van der Waals surface area contributed by atoms with Crippen molar-refractivity contribution < 1.29 is 4.74 Å². The van der Waals surface area contributed by atoms with E-state index in [1.54, 1.807) is 0 Å². The quantitative estimate of drug-likeness (QED) is 0.795. The van der Waals surface area contributed by atoms with Crippen LogP contribution in [0.1, 0.15) is 44.6 Å². The van der Waals surface area contributed by atoms with Gasteiger partial charge in [-0.2, -0.15) is 0 Å². The molecule has 2 fully saturated rings. The van der Waals surface area contributed by atoms with Crippen LogP contribution in [-0.4, -0.2) is 36.7 Å². The summed E-state index contributed by atoms with van der Waals surface area (Å²) in [5.74, 6) is 1.02. The van der Waals surface area contributed by atoms with Crippen molar-refractivity contribution in [3.8, 4) is 5.75 Å². The molecule has 1 aliphatic heterocycles. The Morgan fingerprint density at radius 1 is 1.29 bits per heavy atom. The molecule has 1 aliphatic carbocycles. The Balaban J connectivity index is 1.59. The summed E-state index contributed by atoms with van der Waals surface area (Å²) in [4.78, 5) is 2.67. The molecule has 1 unspecified atom stereocenters. The maximum Gasteiger partial charge on any atom is 0.119 e. The van der Waals surface area contributed by atoms with Crippen LogP contribution < -0.4 is 10.1 Å². The number of nitrogens with zero attached hydrogens (tertiary/aromatic N) is 1. The number of hydrogen-bond acceptors (Lipinski definition) is 3. The van der Waals surface area contributed by atoms with Crippen LogP contribution in [0.3, 0.4) is 0 Å². The first-order chi connectivity index (χ1) is 10.3. The van der Waals surface area contributed by atoms with E-state index in [-0.39, 0.29) is 0 Å². The second kappa shape index (κ2) is 7.28. The van der Waals surface area contributed by atoms with Gasteiger partial charge in [-0.25, -0.2) is 0 Å². The third-order valence-corrected chi connectivity index (χ3v) is 4.44. The second-order valence-corrected chi connectivity index (χ2v) is 6.45. The van der Waals surface area contributed by atoms with Gasteiger partial charge in [-0.1, -0.05) is 19.1 Å². The van der Waals surface area contributed by atoms with Gasteiger partial charge in [-0.15, -0.1) is 0 Å². The van der Waals surface area contributed by atoms with Crippen molar-refractivity contribution in [2.24, 2.45) is 0 Å². The second-order valence-electron chi connectivity index (χ2n) is 6.45. The van der Waals surface area contributed by atoms with Gasteiger partial charge < -0.3 is 10.1 Å². The number of ether oxygens (including phenoxy) is 1. The summed E-state index contributed by atoms with van der Waals surface area (Å²) in [5.41, 5.74) is 1.38. The molecule has 1 saturated carbocycles. The molecule has 0 spiro atoms. The lowest BCUT2D eigenvalue weighted by atomic mass is 10.1. The van der Waals surface area contributed by atoms with Crippen molar-refractivity contribution in [1.82, 2.24) is 10.2 Å². The predicted octanol–water partition coefficient (Wildman–Crippen LogP) is 3.19. The normalized spacial score (nSPS) is 21.9. The number of hydrogen-bond donors (Lipinski definition) is 1. The van der Waals surface area contributed by atoms with Crippen molar-refractivity contribution >= 4 is 0 Å². The van der Waals surface area contributed by atoms with E-state index >= 15 is 0 Å². The average Bonchev–Trinajstić information content (AvgIpc) is 3.23. The van der Waals surface area contributed by atoms with Crippen molar-refractivity contribution in [2.45, 2.75) is 57.7 Å². The molecule has 116 valence electrons. The summed E-state index contributed by atoms with van der Waals surface area (Å²) in [6.45, 7) is 6.41. The van der Waals surface area contributed by atoms with Crippen LogP contribution >= 0.6 is 0 Å². The Bertz CT molecular complexity index is 439. The molecule has 0 amide bonds. The zero-order valence-corrected chi connectivity index (χ0v) is 13.2. The highest BCUT2D eigenvalue weighted by atomic mass is 16.5. The summed E-state index contributed by atoms with van der Waals surface area (Å²) >= 11 is 0. The molecule has 1 aromatic carbocycles. The predicted molar refractivity (Wildman–Crippen MR) is 86.7 cm³/mol. The molecule has 0 bridgehead atoms. The lowest BCUT2D eigenvalue weighted by Gasteiger charge is -2.25. The lowest BCUT2D eigenvalue weighted by Crippen LogP contribution is -2.38. The van der Waals surface area contributed by atoms with Gasteiger partial charge in [0, 0.05) is 25.2 Å². The molecule has 2 aliphatic rings. The van der Waals surface area contributed by atoms with Gasteiger partial charge in [0.05, 0.1) is 6.61 Å². The summed E-state index contributed by atoms with van der Waals surface area (Å²) in [6, 6.07) is 10.2. The van der Waals surface area contributed by atoms with E-state index in [0.29, 0.717) is 6.04 Å². The molecule has 3 nitrogen and oxygen atoms in total. The Morgan fingerprint density at radius 3 is 2.90 bits per heavy atom. The fourth-order valence-electron chi connectivity index (χ4n) is 3.17. The lowest BCUT2D eigenvalue weighted by molar-refractivity contribution is 0.230. The first-order valence-electron chi connectivity index (χ1n) is 8.54. The summed E-state index contributed by atoms with van der Waals surface area (Å²) in [5, 5.41) is 3.63. The van der Waals surface area contributed by atoms with E-state index in [1.165, 1.54) is 44.3 Å². The van der Waals surface area contributed by atoms with Crippen molar-refractivity contribution in [3.63, 3.8) is 0 Å². The molecular weight excluding hydrogens is 260 g/mol. The molecular formula is C18H28N2O. The first kappa shape index (κ1) is 14.9. The largest absolute Gasteiger partial charge is 0.494 e. The standard InChI is InChI=1S/C18H28N2O/c1-2-11-21-18-7-3-5-15(12-18)13-20(17-8-9-17)14-16-6-4-10-19-16/h3,5,7,12,16-17,19H,2,4,6,8-11,13-14H2,1H3. The van der Waals surface area contributed by atoms with Crippen LogP contribution in [-0.2, 0) is 6.54 Å². The van der Waals surface area contributed by atoms with Gasteiger partial charge in [0.1, 0.15) is 5.75 Å². The van der Waals surface area contributed by atoms with Crippen LogP contribution in [0, 0.1) is 0 Å². The minimum absolute atomic E-state index is 0.699. The Hall–Kier alpha value is -1.06. The molecule has 0 aromatic heterocycles. The monoisotopic (exact) mass is 288 g/mol. The minimum atomic E-state index is 0.699.